The molecule has 0 fully saturated rings. The van der Waals surface area contributed by atoms with E-state index in [-0.39, 0.29) is 29.8 Å². The number of methoxy groups -OCH3 is 1. The second kappa shape index (κ2) is 9.75. The topological polar surface area (TPSA) is 98.7 Å². The van der Waals surface area contributed by atoms with Gasteiger partial charge in [0.15, 0.2) is 0 Å². The van der Waals surface area contributed by atoms with Gasteiger partial charge in [0.1, 0.15) is 10.8 Å². The quantitative estimate of drug-likeness (QED) is 0.311. The van der Waals surface area contributed by atoms with Gasteiger partial charge >= 0.3 is 6.41 Å². The van der Waals surface area contributed by atoms with E-state index in [0.717, 1.165) is 17.4 Å². The van der Waals surface area contributed by atoms with Crippen LogP contribution in [-0.2, 0) is 29.2 Å². The Labute approximate surface area is 194 Å². The summed E-state index contributed by atoms with van der Waals surface area (Å²) in [6.07, 6.45) is 2.45. The fraction of sp³-hybridized carbons (Fsp3) is 0.381. The normalized spacial score (nSPS) is 13.9. The number of rotatable bonds is 10. The Kier molecular flexibility index (Phi) is 7.42. The Hall–Kier alpha value is -2.54. The number of benzene rings is 1. The number of pyridine rings is 1. The number of sulfonamides is 1. The molecule has 2 heterocycles. The molecule has 0 aliphatic heterocycles. The van der Waals surface area contributed by atoms with E-state index in [9.17, 15) is 22.0 Å². The first-order valence-corrected chi connectivity index (χ1v) is 12.1. The number of thiazole rings is 1. The van der Waals surface area contributed by atoms with E-state index in [4.69, 9.17) is 9.47 Å². The number of fused-ring (bicyclic) bond motifs is 1. The van der Waals surface area contributed by atoms with E-state index < -0.39 is 26.7 Å². The van der Waals surface area contributed by atoms with E-state index in [2.05, 4.69) is 9.97 Å². The first-order valence-electron chi connectivity index (χ1n) is 9.82. The van der Waals surface area contributed by atoms with Gasteiger partial charge in [-0.2, -0.15) is 4.39 Å². The molecule has 0 saturated heterocycles. The van der Waals surface area contributed by atoms with Crippen LogP contribution < -0.4 is 0 Å². The Morgan fingerprint density at radius 1 is 1.27 bits per heavy atom. The molecule has 1 unspecified atom stereocenters. The zero-order chi connectivity index (χ0) is 24.4. The van der Waals surface area contributed by atoms with Gasteiger partial charge in [-0.1, -0.05) is 0 Å². The average molecular weight is 499 g/mol. The lowest BCUT2D eigenvalue weighted by molar-refractivity contribution is 0.0630. The Morgan fingerprint density at radius 3 is 2.58 bits per heavy atom. The monoisotopic (exact) mass is 498 g/mol. The molecule has 0 spiro atoms. The van der Waals surface area contributed by atoms with Crippen LogP contribution in [0.3, 0.4) is 0 Å². The molecule has 12 heteroatoms. The van der Waals surface area contributed by atoms with Gasteiger partial charge in [0, 0.05) is 24.4 Å². The van der Waals surface area contributed by atoms with Crippen LogP contribution in [0.25, 0.3) is 21.3 Å². The summed E-state index contributed by atoms with van der Waals surface area (Å²) in [6, 6.07) is 5.11. The van der Waals surface area contributed by atoms with Crippen LogP contribution in [0.1, 0.15) is 25.8 Å². The fourth-order valence-electron chi connectivity index (χ4n) is 3.00. The molecule has 3 aromatic rings. The maximum absolute atomic E-state index is 14.7. The van der Waals surface area contributed by atoms with Gasteiger partial charge in [-0.05, 0) is 45.0 Å². The molecule has 3 rings (SSSR count). The molecule has 0 saturated carbocycles. The van der Waals surface area contributed by atoms with E-state index in [0.29, 0.717) is 20.1 Å². The van der Waals surface area contributed by atoms with Crippen molar-refractivity contribution in [3.8, 4) is 11.1 Å². The van der Waals surface area contributed by atoms with Crippen LogP contribution in [0.5, 0.6) is 0 Å². The van der Waals surface area contributed by atoms with Gasteiger partial charge in [0.25, 0.3) is 10.0 Å². The lowest BCUT2D eigenvalue weighted by Crippen LogP contribution is -2.46. The molecule has 2 aromatic heterocycles. The van der Waals surface area contributed by atoms with Gasteiger partial charge < -0.3 is 9.47 Å². The zero-order valence-corrected chi connectivity index (χ0v) is 20.0. The molecule has 1 atom stereocenters. The first-order chi connectivity index (χ1) is 15.5. The summed E-state index contributed by atoms with van der Waals surface area (Å²) < 4.78 is 66.0. The molecule has 177 valence electrons. The summed E-state index contributed by atoms with van der Waals surface area (Å²) in [5.41, 5.74) is 0.765. The molecular weight excluding hydrogens is 476 g/mol. The highest BCUT2D eigenvalue weighted by atomic mass is 32.2. The van der Waals surface area contributed by atoms with Crippen LogP contribution >= 0.6 is 11.3 Å². The summed E-state index contributed by atoms with van der Waals surface area (Å²) >= 11 is 0.914. The third-order valence-electron chi connectivity index (χ3n) is 4.92. The largest absolute Gasteiger partial charge is 0.377 e. The van der Waals surface area contributed by atoms with Crippen molar-refractivity contribution in [1.29, 1.82) is 0 Å². The van der Waals surface area contributed by atoms with Gasteiger partial charge in [-0.25, -0.2) is 27.1 Å². The number of halogens is 2. The molecule has 0 aliphatic carbocycles. The van der Waals surface area contributed by atoms with E-state index in [1.54, 1.807) is 13.8 Å². The molecule has 33 heavy (non-hydrogen) atoms. The van der Waals surface area contributed by atoms with Gasteiger partial charge in [0.05, 0.1) is 29.5 Å². The van der Waals surface area contributed by atoms with Crippen LogP contribution in [0.2, 0.25) is 0 Å². The summed E-state index contributed by atoms with van der Waals surface area (Å²) in [5, 5.41) is -0.00110. The van der Waals surface area contributed by atoms with Crippen molar-refractivity contribution < 1.29 is 31.5 Å². The van der Waals surface area contributed by atoms with Crippen molar-refractivity contribution in [2.24, 2.45) is 0 Å². The Morgan fingerprint density at radius 2 is 2.00 bits per heavy atom. The highest BCUT2D eigenvalue weighted by molar-refractivity contribution is 7.90. The molecule has 1 radical (unpaired) electrons. The second-order valence-corrected chi connectivity index (χ2v) is 10.6. The summed E-state index contributed by atoms with van der Waals surface area (Å²) in [7, 11) is -3.25. The number of carbonyl (C=O) groups excluding carboxylic acids is 1. The predicted octanol–water partition coefficient (Wildman–Crippen LogP) is 3.58. The smallest absolute Gasteiger partial charge is 0.326 e. The second-order valence-electron chi connectivity index (χ2n) is 7.43. The SMILES string of the molecule is COC(C)(c1nc2cc(-c3ccc(F)nc3)c(F)cc2s1)S(=O)(=O)N([C]=O)CCOC(C)C. The highest BCUT2D eigenvalue weighted by Crippen LogP contribution is 2.39. The lowest BCUT2D eigenvalue weighted by atomic mass is 10.1. The number of hydrogen-bond acceptors (Lipinski definition) is 8. The van der Waals surface area contributed by atoms with Gasteiger partial charge in [-0.3, -0.25) is 4.79 Å². The Bertz CT molecular complexity index is 1250. The summed E-state index contributed by atoms with van der Waals surface area (Å²) in [6.45, 7) is 4.53. The standard InChI is InChI=1S/C21H22F2N3O5S2/c1-13(2)31-8-7-26(12-27)33(28,29)21(3,30-4)20-25-17-9-15(16(22)10-18(17)32-20)14-5-6-19(23)24-11-14/h5-6,9-11,13H,7-8H2,1-4H3. The number of amides is 1. The van der Waals surface area contributed by atoms with E-state index in [1.165, 1.54) is 44.8 Å². The number of ether oxygens (including phenoxy) is 2. The van der Waals surface area contributed by atoms with Crippen molar-refractivity contribution in [2.75, 3.05) is 20.3 Å². The minimum atomic E-state index is -4.43. The maximum atomic E-state index is 14.7. The molecule has 1 amide bonds. The third kappa shape index (κ3) is 4.88. The van der Waals surface area contributed by atoms with Crippen LogP contribution in [0, 0.1) is 11.8 Å². The number of hydrogen-bond donors (Lipinski definition) is 0. The van der Waals surface area contributed by atoms with Crippen molar-refractivity contribution in [1.82, 2.24) is 14.3 Å². The summed E-state index contributed by atoms with van der Waals surface area (Å²) in [4.78, 5) is 17.3. The number of aromatic nitrogens is 2. The average Bonchev–Trinajstić information content (AvgIpc) is 3.19. The van der Waals surface area contributed by atoms with E-state index in [1.807, 2.05) is 0 Å². The number of nitrogens with zero attached hydrogens (tertiary/aromatic N) is 3. The van der Waals surface area contributed by atoms with Crippen molar-refractivity contribution in [3.63, 3.8) is 0 Å². The first kappa shape index (κ1) is 25.1. The van der Waals surface area contributed by atoms with Crippen LogP contribution in [-0.4, -0.2) is 55.5 Å². The van der Waals surface area contributed by atoms with Crippen LogP contribution in [0.4, 0.5) is 8.78 Å². The van der Waals surface area contributed by atoms with Crippen molar-refractivity contribution in [3.05, 3.63) is 47.2 Å². The predicted molar refractivity (Wildman–Crippen MR) is 120 cm³/mol. The molecule has 0 bridgehead atoms. The maximum Gasteiger partial charge on any atom is 0.326 e. The molecule has 0 N–H and O–H groups in total. The third-order valence-corrected chi connectivity index (χ3v) is 8.46. The van der Waals surface area contributed by atoms with Gasteiger partial charge in [0.2, 0.25) is 10.9 Å². The minimum Gasteiger partial charge on any atom is -0.377 e. The van der Waals surface area contributed by atoms with Crippen LogP contribution in [0.15, 0.2) is 30.5 Å². The van der Waals surface area contributed by atoms with E-state index >= 15 is 0 Å². The summed E-state index contributed by atoms with van der Waals surface area (Å²) in [5.74, 6) is -1.31. The zero-order valence-electron chi connectivity index (χ0n) is 18.3. The highest BCUT2D eigenvalue weighted by Gasteiger charge is 2.48. The molecule has 8 nitrogen and oxygen atoms in total. The minimum absolute atomic E-state index is 0.00110. The lowest BCUT2D eigenvalue weighted by Gasteiger charge is -2.30. The van der Waals surface area contributed by atoms with Crippen molar-refractivity contribution in [2.45, 2.75) is 31.8 Å². The van der Waals surface area contributed by atoms with Gasteiger partial charge in [-0.15, -0.1) is 11.3 Å². The molecular formula is C21H22F2N3O5S2. The molecule has 1 aromatic carbocycles. The molecule has 0 aliphatic rings. The Balaban J connectivity index is 2.03. The fourth-order valence-corrected chi connectivity index (χ4v) is 5.74. The van der Waals surface area contributed by atoms with Crippen molar-refractivity contribution >= 4 is 38.0 Å².